The van der Waals surface area contributed by atoms with Crippen molar-refractivity contribution in [3.05, 3.63) is 28.5 Å². The van der Waals surface area contributed by atoms with Crippen molar-refractivity contribution in [2.45, 2.75) is 0 Å². The number of hydrogen-bond acceptors (Lipinski definition) is 6. The van der Waals surface area contributed by atoms with Crippen LogP contribution in [-0.4, -0.2) is 80.5 Å². The van der Waals surface area contributed by atoms with Crippen molar-refractivity contribution in [1.29, 1.82) is 0 Å². The lowest BCUT2D eigenvalue weighted by Crippen LogP contribution is -2.46. The lowest BCUT2D eigenvalue weighted by molar-refractivity contribution is -0.159. The first kappa shape index (κ1) is 19.9. The van der Waals surface area contributed by atoms with Crippen LogP contribution in [0.15, 0.2) is 17.7 Å². The molecule has 2 aromatic rings. The molecule has 26 heavy (non-hydrogen) atoms. The van der Waals surface area contributed by atoms with Gasteiger partial charge in [-0.1, -0.05) is 11.6 Å². The zero-order valence-electron chi connectivity index (χ0n) is 13.8. The number of halogens is 1. The maximum Gasteiger partial charge on any atom is 0.414 e. The fourth-order valence-corrected chi connectivity index (χ4v) is 3.21. The van der Waals surface area contributed by atoms with Crippen LogP contribution in [0.2, 0.25) is 5.15 Å². The fraction of sp³-hybridized carbons (Fsp3) is 0.333. The summed E-state index contributed by atoms with van der Waals surface area (Å²) in [7, 11) is 2.07. The highest BCUT2D eigenvalue weighted by atomic mass is 35.5. The maximum absolute atomic E-state index is 12.1. The Hall–Kier alpha value is -2.43. The fourth-order valence-electron chi connectivity index (χ4n) is 2.21. The molecule has 1 aliphatic heterocycles. The van der Waals surface area contributed by atoms with Gasteiger partial charge in [0.1, 0.15) is 0 Å². The van der Waals surface area contributed by atoms with Gasteiger partial charge in [0.05, 0.1) is 5.69 Å². The highest BCUT2D eigenvalue weighted by Crippen LogP contribution is 2.22. The van der Waals surface area contributed by atoms with Gasteiger partial charge in [-0.05, 0) is 13.1 Å². The Labute approximate surface area is 157 Å². The summed E-state index contributed by atoms with van der Waals surface area (Å²) >= 11 is 7.61. The molecule has 1 fully saturated rings. The summed E-state index contributed by atoms with van der Waals surface area (Å²) in [6.45, 7) is 3.38. The van der Waals surface area contributed by atoms with E-state index in [0.717, 1.165) is 36.8 Å². The number of amides is 1. The average Bonchev–Trinajstić information content (AvgIpc) is 3.14. The molecule has 0 radical (unpaired) electrons. The van der Waals surface area contributed by atoms with Crippen molar-refractivity contribution >= 4 is 51.8 Å². The van der Waals surface area contributed by atoms with Gasteiger partial charge in [-0.3, -0.25) is 9.20 Å². The van der Waals surface area contributed by atoms with Crippen LogP contribution in [0, 0.1) is 0 Å². The smallest absolute Gasteiger partial charge is 0.414 e. The Morgan fingerprint density at radius 3 is 2.38 bits per heavy atom. The number of piperazine rings is 1. The van der Waals surface area contributed by atoms with E-state index in [2.05, 4.69) is 16.9 Å². The zero-order chi connectivity index (χ0) is 19.3. The average molecular weight is 401 g/mol. The number of carbonyl (C=O) groups is 3. The molecule has 0 unspecified atom stereocenters. The summed E-state index contributed by atoms with van der Waals surface area (Å²) in [6, 6.07) is 0. The Balaban J connectivity index is 0.000000352. The van der Waals surface area contributed by atoms with Gasteiger partial charge in [0, 0.05) is 43.8 Å². The molecule has 0 aromatic carbocycles. The number of hydrogen-bond donors (Lipinski definition) is 2. The van der Waals surface area contributed by atoms with Gasteiger partial charge in [0.15, 0.2) is 10.1 Å². The Kier molecular flexibility index (Phi) is 6.72. The number of thiazole rings is 1. The molecular weight excluding hydrogens is 384 g/mol. The molecule has 3 heterocycles. The summed E-state index contributed by atoms with van der Waals surface area (Å²) in [4.78, 5) is 39.5. The first-order valence-electron chi connectivity index (χ1n) is 7.52. The highest BCUT2D eigenvalue weighted by molar-refractivity contribution is 7.15. The number of carbonyl (C=O) groups excluding carboxylic acids is 1. The molecule has 0 spiro atoms. The van der Waals surface area contributed by atoms with Gasteiger partial charge < -0.3 is 20.0 Å². The lowest BCUT2D eigenvalue weighted by Gasteiger charge is -2.31. The number of likely N-dealkylation sites (N-methyl/N-ethyl adjacent to an activating group) is 1. The SMILES string of the molecule is CN1CCN(C(=O)/C=C/c2c(Cl)nc3sccn23)CC1.O=C(O)C(=O)O. The van der Waals surface area contributed by atoms with Crippen molar-refractivity contribution in [2.24, 2.45) is 0 Å². The second-order valence-corrected chi connectivity index (χ2v) is 6.65. The molecule has 11 heteroatoms. The van der Waals surface area contributed by atoms with Gasteiger partial charge >= 0.3 is 11.9 Å². The monoisotopic (exact) mass is 400 g/mol. The van der Waals surface area contributed by atoms with Crippen molar-refractivity contribution in [3.63, 3.8) is 0 Å². The van der Waals surface area contributed by atoms with Gasteiger partial charge in [0.2, 0.25) is 5.91 Å². The molecule has 2 aromatic heterocycles. The summed E-state index contributed by atoms with van der Waals surface area (Å²) in [5.41, 5.74) is 0.755. The van der Waals surface area contributed by atoms with Gasteiger partial charge in [-0.15, -0.1) is 11.3 Å². The van der Waals surface area contributed by atoms with Crippen LogP contribution in [0.5, 0.6) is 0 Å². The number of imidazole rings is 1. The summed E-state index contributed by atoms with van der Waals surface area (Å²) in [5, 5.41) is 17.2. The summed E-state index contributed by atoms with van der Waals surface area (Å²) in [6.07, 6.45) is 5.23. The minimum Gasteiger partial charge on any atom is -0.473 e. The molecule has 3 rings (SSSR count). The largest absolute Gasteiger partial charge is 0.473 e. The Morgan fingerprint density at radius 2 is 1.81 bits per heavy atom. The van der Waals surface area contributed by atoms with E-state index < -0.39 is 11.9 Å². The molecule has 0 saturated carbocycles. The van der Waals surface area contributed by atoms with Crippen LogP contribution in [-0.2, 0) is 14.4 Å². The predicted molar refractivity (Wildman–Crippen MR) is 96.5 cm³/mol. The number of nitrogens with zero attached hydrogens (tertiary/aromatic N) is 4. The maximum atomic E-state index is 12.1. The van der Waals surface area contributed by atoms with Crippen molar-refractivity contribution in [3.8, 4) is 0 Å². The van der Waals surface area contributed by atoms with Crippen LogP contribution >= 0.6 is 22.9 Å². The summed E-state index contributed by atoms with van der Waals surface area (Å²) < 4.78 is 1.89. The second-order valence-electron chi connectivity index (χ2n) is 5.42. The molecule has 0 aliphatic carbocycles. The quantitative estimate of drug-likeness (QED) is 0.570. The number of aliphatic carboxylic acids is 2. The third-order valence-electron chi connectivity index (χ3n) is 3.64. The van der Waals surface area contributed by atoms with E-state index in [1.807, 2.05) is 20.9 Å². The van der Waals surface area contributed by atoms with E-state index in [1.165, 1.54) is 11.3 Å². The predicted octanol–water partition coefficient (Wildman–Crippen LogP) is 0.992. The first-order valence-corrected chi connectivity index (χ1v) is 8.78. The zero-order valence-corrected chi connectivity index (χ0v) is 15.4. The molecule has 140 valence electrons. The molecule has 9 nitrogen and oxygen atoms in total. The van der Waals surface area contributed by atoms with E-state index in [0.29, 0.717) is 5.15 Å². The normalized spacial score (nSPS) is 15.1. The van der Waals surface area contributed by atoms with E-state index in [9.17, 15) is 4.79 Å². The van der Waals surface area contributed by atoms with Crippen molar-refractivity contribution in [2.75, 3.05) is 33.2 Å². The Bertz CT molecular complexity index is 826. The number of aromatic nitrogens is 2. The van der Waals surface area contributed by atoms with Gasteiger partial charge in [-0.2, -0.15) is 0 Å². The van der Waals surface area contributed by atoms with E-state index in [-0.39, 0.29) is 5.91 Å². The van der Waals surface area contributed by atoms with Crippen LogP contribution < -0.4 is 0 Å². The standard InChI is InChI=1S/C13H15ClN4OS.C2H2O4/c1-16-4-6-17(7-5-16)11(19)3-2-10-12(14)15-13-18(10)8-9-20-13;3-1(4)2(5)6/h2-3,8-9H,4-7H2,1H3;(H,3,4)(H,5,6)/b3-2+;. The number of rotatable bonds is 2. The molecule has 0 bridgehead atoms. The molecule has 1 amide bonds. The molecule has 2 N–H and O–H groups in total. The van der Waals surface area contributed by atoms with Gasteiger partial charge in [0.25, 0.3) is 0 Å². The summed E-state index contributed by atoms with van der Waals surface area (Å²) in [5.74, 6) is -3.62. The highest BCUT2D eigenvalue weighted by Gasteiger charge is 2.17. The Morgan fingerprint density at radius 1 is 1.19 bits per heavy atom. The van der Waals surface area contributed by atoms with E-state index in [4.69, 9.17) is 31.4 Å². The minimum atomic E-state index is -1.82. The first-order chi connectivity index (χ1) is 12.3. The van der Waals surface area contributed by atoms with Crippen molar-refractivity contribution < 1.29 is 24.6 Å². The van der Waals surface area contributed by atoms with Crippen LogP contribution in [0.25, 0.3) is 11.0 Å². The van der Waals surface area contributed by atoms with E-state index >= 15 is 0 Å². The van der Waals surface area contributed by atoms with Crippen LogP contribution in [0.1, 0.15) is 5.69 Å². The molecule has 1 aliphatic rings. The molecule has 0 atom stereocenters. The number of fused-ring (bicyclic) bond motifs is 1. The lowest BCUT2D eigenvalue weighted by atomic mass is 10.3. The van der Waals surface area contributed by atoms with Gasteiger partial charge in [-0.25, -0.2) is 14.6 Å². The molecular formula is C15H17ClN4O5S. The van der Waals surface area contributed by atoms with Crippen LogP contribution in [0.3, 0.4) is 0 Å². The third kappa shape index (κ3) is 5.04. The van der Waals surface area contributed by atoms with Crippen molar-refractivity contribution in [1.82, 2.24) is 19.2 Å². The van der Waals surface area contributed by atoms with E-state index in [1.54, 1.807) is 12.2 Å². The molecule has 1 saturated heterocycles. The minimum absolute atomic E-state index is 0.0272. The second kappa shape index (κ2) is 8.79. The van der Waals surface area contributed by atoms with Crippen LogP contribution in [0.4, 0.5) is 0 Å². The topological polar surface area (TPSA) is 115 Å². The number of carboxylic acids is 2. The number of carboxylic acid groups (broad SMARTS) is 2. The third-order valence-corrected chi connectivity index (χ3v) is 4.67.